The molecule has 0 saturated heterocycles. The molecule has 2 aromatic rings. The molecule has 2 N–H and O–H groups in total. The third-order valence-electron chi connectivity index (χ3n) is 3.52. The van der Waals surface area contributed by atoms with E-state index in [2.05, 4.69) is 15.8 Å². The molecule has 0 radical (unpaired) electrons. The number of benzene rings is 1. The van der Waals surface area contributed by atoms with Gasteiger partial charge in [-0.3, -0.25) is 20.4 Å². The molecule has 2 rings (SSSR count). The van der Waals surface area contributed by atoms with Gasteiger partial charge >= 0.3 is 0 Å². The van der Waals surface area contributed by atoms with Crippen LogP contribution in [-0.4, -0.2) is 22.9 Å². The zero-order valence-corrected chi connectivity index (χ0v) is 14.3. The number of aromatic nitrogens is 1. The number of halogens is 1. The van der Waals surface area contributed by atoms with Crippen LogP contribution >= 0.6 is 11.6 Å². The first-order valence-electron chi connectivity index (χ1n) is 7.33. The molecule has 0 fully saturated rings. The van der Waals surface area contributed by atoms with Crippen molar-refractivity contribution in [3.63, 3.8) is 0 Å². The van der Waals surface area contributed by atoms with Crippen LogP contribution in [0.1, 0.15) is 28.4 Å². The lowest BCUT2D eigenvalue weighted by Crippen LogP contribution is -2.47. The van der Waals surface area contributed by atoms with E-state index in [0.29, 0.717) is 11.3 Å². The Labute approximate surface area is 145 Å². The summed E-state index contributed by atoms with van der Waals surface area (Å²) in [5.41, 5.74) is 6.97. The molecule has 0 spiro atoms. The largest absolute Gasteiger partial charge is 0.481 e. The van der Waals surface area contributed by atoms with E-state index >= 15 is 0 Å². The van der Waals surface area contributed by atoms with E-state index in [-0.39, 0.29) is 5.15 Å². The average molecular weight is 348 g/mol. The van der Waals surface area contributed by atoms with Crippen molar-refractivity contribution in [2.75, 3.05) is 0 Å². The van der Waals surface area contributed by atoms with Crippen LogP contribution in [0.2, 0.25) is 5.15 Å². The molecule has 0 saturated carbocycles. The molecule has 0 bridgehead atoms. The molecule has 1 aromatic heterocycles. The molecule has 1 atom stereocenters. The van der Waals surface area contributed by atoms with Crippen molar-refractivity contribution >= 4 is 23.4 Å². The number of nitrogens with one attached hydrogen (secondary N) is 2. The summed E-state index contributed by atoms with van der Waals surface area (Å²) in [5.74, 6) is -0.333. The molecular weight excluding hydrogens is 330 g/mol. The number of hydrogen-bond acceptors (Lipinski definition) is 4. The first-order chi connectivity index (χ1) is 11.4. The number of carbonyl (C=O) groups excluding carboxylic acids is 2. The first-order valence-corrected chi connectivity index (χ1v) is 7.71. The summed E-state index contributed by atoms with van der Waals surface area (Å²) in [5, 5.41) is 0.195. The van der Waals surface area contributed by atoms with Crippen LogP contribution < -0.4 is 15.6 Å². The number of nitrogens with zero attached hydrogens (tertiary/aromatic N) is 1. The molecule has 0 aliphatic carbocycles. The maximum atomic E-state index is 12.1. The number of carbonyl (C=O) groups is 2. The van der Waals surface area contributed by atoms with E-state index in [0.717, 1.165) is 11.1 Å². The molecule has 1 unspecified atom stereocenters. The second kappa shape index (κ2) is 7.79. The van der Waals surface area contributed by atoms with Crippen LogP contribution in [0, 0.1) is 13.8 Å². The van der Waals surface area contributed by atoms with Crippen LogP contribution in [0.5, 0.6) is 5.75 Å². The number of hydrazine groups is 1. The topological polar surface area (TPSA) is 80.3 Å². The molecule has 0 aliphatic rings. The summed E-state index contributed by atoms with van der Waals surface area (Å²) in [7, 11) is 0. The Balaban J connectivity index is 1.92. The lowest BCUT2D eigenvalue weighted by Gasteiger charge is -2.17. The maximum Gasteiger partial charge on any atom is 0.279 e. The van der Waals surface area contributed by atoms with Crippen molar-refractivity contribution in [2.24, 2.45) is 0 Å². The number of rotatable bonds is 4. The predicted molar refractivity (Wildman–Crippen MR) is 90.9 cm³/mol. The second-order valence-electron chi connectivity index (χ2n) is 5.27. The van der Waals surface area contributed by atoms with Gasteiger partial charge in [0.25, 0.3) is 11.8 Å². The Morgan fingerprint density at radius 1 is 1.21 bits per heavy atom. The van der Waals surface area contributed by atoms with Crippen molar-refractivity contribution in [3.05, 3.63) is 58.4 Å². The zero-order valence-electron chi connectivity index (χ0n) is 13.6. The van der Waals surface area contributed by atoms with Crippen molar-refractivity contribution in [3.8, 4) is 5.75 Å². The highest BCUT2D eigenvalue weighted by Crippen LogP contribution is 2.21. The third-order valence-corrected chi connectivity index (χ3v) is 3.72. The van der Waals surface area contributed by atoms with Crippen molar-refractivity contribution in [2.45, 2.75) is 26.9 Å². The number of hydrogen-bond donors (Lipinski definition) is 2. The summed E-state index contributed by atoms with van der Waals surface area (Å²) >= 11 is 5.72. The van der Waals surface area contributed by atoms with Gasteiger partial charge in [-0.2, -0.15) is 0 Å². The number of amides is 2. The van der Waals surface area contributed by atoms with Gasteiger partial charge in [-0.1, -0.05) is 23.7 Å². The SMILES string of the molecule is Cc1cccc(OC(C)C(=O)NNC(=O)c2ccnc(Cl)c2)c1C. The fraction of sp³-hybridized carbons (Fsp3) is 0.235. The molecule has 7 heteroatoms. The van der Waals surface area contributed by atoms with Gasteiger partial charge in [0.2, 0.25) is 0 Å². The highest BCUT2D eigenvalue weighted by Gasteiger charge is 2.17. The number of ether oxygens (including phenoxy) is 1. The standard InChI is InChI=1S/C17H18ClN3O3/c1-10-5-4-6-14(11(10)2)24-12(3)16(22)20-21-17(23)13-7-8-19-15(18)9-13/h4-9,12H,1-3H3,(H,20,22)(H,21,23). The summed E-state index contributed by atoms with van der Waals surface area (Å²) in [6.07, 6.45) is 0.637. The molecule has 2 amide bonds. The molecule has 126 valence electrons. The van der Waals surface area contributed by atoms with Crippen LogP contribution in [0.3, 0.4) is 0 Å². The number of pyridine rings is 1. The Hall–Kier alpha value is -2.60. The Bertz CT molecular complexity index is 764. The number of aryl methyl sites for hydroxylation is 1. The van der Waals surface area contributed by atoms with Gasteiger partial charge in [0.15, 0.2) is 6.10 Å². The van der Waals surface area contributed by atoms with E-state index in [9.17, 15) is 9.59 Å². The van der Waals surface area contributed by atoms with Gasteiger partial charge < -0.3 is 4.74 Å². The van der Waals surface area contributed by atoms with Crippen molar-refractivity contribution in [1.29, 1.82) is 0 Å². The summed E-state index contributed by atoms with van der Waals surface area (Å²) < 4.78 is 5.65. The molecular formula is C17H18ClN3O3. The molecule has 1 aromatic carbocycles. The quantitative estimate of drug-likeness (QED) is 0.658. The maximum absolute atomic E-state index is 12.1. The second-order valence-corrected chi connectivity index (χ2v) is 5.66. The summed E-state index contributed by atoms with van der Waals surface area (Å²) in [4.78, 5) is 27.8. The third kappa shape index (κ3) is 4.45. The van der Waals surface area contributed by atoms with Crippen LogP contribution in [0.4, 0.5) is 0 Å². The van der Waals surface area contributed by atoms with Gasteiger partial charge in [0.1, 0.15) is 10.9 Å². The first kappa shape index (κ1) is 17.7. The van der Waals surface area contributed by atoms with E-state index in [1.54, 1.807) is 13.0 Å². The Morgan fingerprint density at radius 3 is 2.67 bits per heavy atom. The van der Waals surface area contributed by atoms with Crippen LogP contribution in [0.15, 0.2) is 36.5 Å². The fourth-order valence-corrected chi connectivity index (χ4v) is 2.11. The summed E-state index contributed by atoms with van der Waals surface area (Å²) in [6, 6.07) is 8.51. The molecule has 1 heterocycles. The normalized spacial score (nSPS) is 11.5. The van der Waals surface area contributed by atoms with Gasteiger partial charge in [0.05, 0.1) is 0 Å². The van der Waals surface area contributed by atoms with E-state index < -0.39 is 17.9 Å². The molecule has 24 heavy (non-hydrogen) atoms. The minimum absolute atomic E-state index is 0.195. The van der Waals surface area contributed by atoms with Gasteiger partial charge in [0, 0.05) is 11.8 Å². The van der Waals surface area contributed by atoms with Crippen LogP contribution in [0.25, 0.3) is 0 Å². The Morgan fingerprint density at radius 2 is 1.96 bits per heavy atom. The lowest BCUT2D eigenvalue weighted by molar-refractivity contribution is -0.128. The van der Waals surface area contributed by atoms with E-state index in [1.165, 1.54) is 18.3 Å². The van der Waals surface area contributed by atoms with Gasteiger partial charge in [-0.05, 0) is 50.1 Å². The molecule has 0 aliphatic heterocycles. The monoisotopic (exact) mass is 347 g/mol. The van der Waals surface area contributed by atoms with Crippen molar-refractivity contribution in [1.82, 2.24) is 15.8 Å². The van der Waals surface area contributed by atoms with Gasteiger partial charge in [-0.25, -0.2) is 4.98 Å². The predicted octanol–water partition coefficient (Wildman–Crippen LogP) is 2.58. The average Bonchev–Trinajstić information content (AvgIpc) is 2.56. The fourth-order valence-electron chi connectivity index (χ4n) is 1.93. The minimum Gasteiger partial charge on any atom is -0.481 e. The summed E-state index contributed by atoms with van der Waals surface area (Å²) in [6.45, 7) is 5.49. The highest BCUT2D eigenvalue weighted by molar-refractivity contribution is 6.29. The smallest absolute Gasteiger partial charge is 0.279 e. The highest BCUT2D eigenvalue weighted by atomic mass is 35.5. The van der Waals surface area contributed by atoms with E-state index in [4.69, 9.17) is 16.3 Å². The lowest BCUT2D eigenvalue weighted by atomic mass is 10.1. The Kier molecular flexibility index (Phi) is 5.76. The van der Waals surface area contributed by atoms with Crippen LogP contribution in [-0.2, 0) is 4.79 Å². The van der Waals surface area contributed by atoms with Gasteiger partial charge in [-0.15, -0.1) is 0 Å². The molecule has 6 nitrogen and oxygen atoms in total. The zero-order chi connectivity index (χ0) is 17.7. The van der Waals surface area contributed by atoms with Crippen molar-refractivity contribution < 1.29 is 14.3 Å². The minimum atomic E-state index is -0.771. The van der Waals surface area contributed by atoms with E-state index in [1.807, 2.05) is 26.0 Å².